The Morgan fingerprint density at radius 2 is 2.00 bits per heavy atom. The average molecular weight is 285 g/mol. The van der Waals surface area contributed by atoms with Gasteiger partial charge in [-0.3, -0.25) is 0 Å². The zero-order chi connectivity index (χ0) is 14.9. The Morgan fingerprint density at radius 3 is 2.40 bits per heavy atom. The fourth-order valence-corrected chi connectivity index (χ4v) is 2.85. The smallest absolute Gasteiger partial charge is 0.374 e. The van der Waals surface area contributed by atoms with Crippen LogP contribution in [0.5, 0.6) is 0 Å². The van der Waals surface area contributed by atoms with Gasteiger partial charge in [0, 0.05) is 6.92 Å². The van der Waals surface area contributed by atoms with Crippen LogP contribution < -0.4 is 0 Å². The third-order valence-corrected chi connectivity index (χ3v) is 3.80. The normalized spacial score (nSPS) is 11.9. The number of rotatable bonds is 3. The first-order valence-electron chi connectivity index (χ1n) is 5.87. The standard InChI is InChI=1S/C13H12BN3O2S/c1-6-13(20-9(4)16-6)10(5-15)12(19-14)11-7(2)18-8(3)17-11/h1-4H3. The van der Waals surface area contributed by atoms with Gasteiger partial charge in [0.25, 0.3) is 0 Å². The molecule has 2 aromatic heterocycles. The Kier molecular flexibility index (Phi) is 3.95. The first-order chi connectivity index (χ1) is 9.47. The van der Waals surface area contributed by atoms with Gasteiger partial charge in [0.05, 0.1) is 15.6 Å². The number of thiazole rings is 1. The number of oxazole rings is 1. The summed E-state index contributed by atoms with van der Waals surface area (Å²) in [6.07, 6.45) is 0. The van der Waals surface area contributed by atoms with E-state index in [1.807, 2.05) is 13.8 Å². The first kappa shape index (κ1) is 14.3. The SMILES string of the molecule is [B]OC(=C(C#N)c1sc(C)nc1C)c1nc(C)oc1C. The van der Waals surface area contributed by atoms with Crippen molar-refractivity contribution in [2.24, 2.45) is 0 Å². The van der Waals surface area contributed by atoms with E-state index in [4.69, 9.17) is 17.1 Å². The second-order valence-corrected chi connectivity index (χ2v) is 5.42. The molecule has 0 fully saturated rings. The molecule has 2 rings (SSSR count). The molecule has 2 aromatic rings. The summed E-state index contributed by atoms with van der Waals surface area (Å²) in [5.41, 5.74) is 1.51. The number of aryl methyl sites for hydroxylation is 4. The highest BCUT2D eigenvalue weighted by Crippen LogP contribution is 2.33. The van der Waals surface area contributed by atoms with Crippen molar-refractivity contribution in [2.75, 3.05) is 0 Å². The lowest BCUT2D eigenvalue weighted by atomic mass is 10.1. The zero-order valence-corrected chi connectivity index (χ0v) is 12.5. The predicted octanol–water partition coefficient (Wildman–Crippen LogP) is 2.86. The molecule has 0 atom stereocenters. The van der Waals surface area contributed by atoms with E-state index in [9.17, 15) is 5.26 Å². The summed E-state index contributed by atoms with van der Waals surface area (Å²) in [6.45, 7) is 7.18. The van der Waals surface area contributed by atoms with E-state index in [2.05, 4.69) is 16.0 Å². The zero-order valence-electron chi connectivity index (χ0n) is 11.6. The molecule has 0 aliphatic rings. The molecule has 0 bridgehead atoms. The number of hydrogen-bond acceptors (Lipinski definition) is 6. The van der Waals surface area contributed by atoms with Gasteiger partial charge < -0.3 is 9.07 Å². The van der Waals surface area contributed by atoms with Crippen molar-refractivity contribution in [1.82, 2.24) is 9.97 Å². The summed E-state index contributed by atoms with van der Waals surface area (Å²) in [6, 6.07) is 2.12. The van der Waals surface area contributed by atoms with Gasteiger partial charge in [-0.05, 0) is 20.8 Å². The molecular formula is C13H12BN3O2S. The first-order valence-corrected chi connectivity index (χ1v) is 6.69. The minimum Gasteiger partial charge on any atom is -0.565 e. The van der Waals surface area contributed by atoms with Crippen LogP contribution in [0.15, 0.2) is 4.42 Å². The molecule has 0 spiro atoms. The lowest BCUT2D eigenvalue weighted by Gasteiger charge is -2.07. The van der Waals surface area contributed by atoms with Crippen LogP contribution in [-0.2, 0) is 4.65 Å². The molecule has 0 saturated carbocycles. The molecular weight excluding hydrogens is 273 g/mol. The molecule has 0 aromatic carbocycles. The van der Waals surface area contributed by atoms with Crippen LogP contribution in [0.1, 0.15) is 32.9 Å². The number of nitrogens with zero attached hydrogens (tertiary/aromatic N) is 3. The maximum Gasteiger partial charge on any atom is 0.374 e. The van der Waals surface area contributed by atoms with Crippen molar-refractivity contribution in [3.63, 3.8) is 0 Å². The van der Waals surface area contributed by atoms with Crippen molar-refractivity contribution in [2.45, 2.75) is 27.7 Å². The van der Waals surface area contributed by atoms with E-state index in [1.54, 1.807) is 13.8 Å². The van der Waals surface area contributed by atoms with Crippen molar-refractivity contribution in [1.29, 1.82) is 5.26 Å². The lowest BCUT2D eigenvalue weighted by Crippen LogP contribution is -1.96. The molecule has 20 heavy (non-hydrogen) atoms. The van der Waals surface area contributed by atoms with Crippen LogP contribution in [0.4, 0.5) is 0 Å². The van der Waals surface area contributed by atoms with E-state index in [0.29, 0.717) is 22.9 Å². The number of nitriles is 1. The van der Waals surface area contributed by atoms with Crippen LogP contribution in [0, 0.1) is 39.0 Å². The largest absolute Gasteiger partial charge is 0.565 e. The third kappa shape index (κ3) is 2.47. The van der Waals surface area contributed by atoms with Gasteiger partial charge in [0.15, 0.2) is 5.89 Å². The van der Waals surface area contributed by atoms with Gasteiger partial charge in [-0.2, -0.15) is 5.26 Å². The van der Waals surface area contributed by atoms with Gasteiger partial charge in [0.1, 0.15) is 28.9 Å². The molecule has 0 unspecified atom stereocenters. The van der Waals surface area contributed by atoms with E-state index >= 15 is 0 Å². The van der Waals surface area contributed by atoms with Crippen LogP contribution >= 0.6 is 11.3 Å². The monoisotopic (exact) mass is 285 g/mol. The van der Waals surface area contributed by atoms with E-state index in [-0.39, 0.29) is 5.76 Å². The highest BCUT2D eigenvalue weighted by Gasteiger charge is 2.21. The molecule has 0 saturated heterocycles. The van der Waals surface area contributed by atoms with Crippen LogP contribution in [0.3, 0.4) is 0 Å². The van der Waals surface area contributed by atoms with Crippen LogP contribution in [0.2, 0.25) is 0 Å². The number of aromatic nitrogens is 2. The Hall–Kier alpha value is -2.07. The fraction of sp³-hybridized carbons (Fsp3) is 0.308. The minimum atomic E-state index is 0.202. The van der Waals surface area contributed by atoms with E-state index in [0.717, 1.165) is 15.6 Å². The predicted molar refractivity (Wildman–Crippen MR) is 76.8 cm³/mol. The third-order valence-electron chi connectivity index (χ3n) is 2.71. The Morgan fingerprint density at radius 1 is 1.30 bits per heavy atom. The maximum atomic E-state index is 9.45. The van der Waals surface area contributed by atoms with Crippen molar-refractivity contribution < 1.29 is 9.07 Å². The van der Waals surface area contributed by atoms with E-state index < -0.39 is 0 Å². The van der Waals surface area contributed by atoms with Crippen LogP contribution in [-0.4, -0.2) is 18.0 Å². The van der Waals surface area contributed by atoms with Gasteiger partial charge in [-0.1, -0.05) is 0 Å². The lowest BCUT2D eigenvalue weighted by molar-refractivity contribution is 0.492. The molecule has 7 heteroatoms. The highest BCUT2D eigenvalue weighted by atomic mass is 32.1. The second-order valence-electron chi connectivity index (χ2n) is 4.22. The van der Waals surface area contributed by atoms with Gasteiger partial charge in [-0.15, -0.1) is 11.3 Å². The number of allylic oxidation sites excluding steroid dienone is 1. The molecule has 2 radical (unpaired) electrons. The molecule has 2 heterocycles. The fourth-order valence-electron chi connectivity index (χ4n) is 1.94. The molecule has 5 nitrogen and oxygen atoms in total. The summed E-state index contributed by atoms with van der Waals surface area (Å²) in [4.78, 5) is 9.25. The molecule has 0 N–H and O–H groups in total. The van der Waals surface area contributed by atoms with Gasteiger partial charge >= 0.3 is 8.05 Å². The average Bonchev–Trinajstić information content (AvgIpc) is 2.88. The summed E-state index contributed by atoms with van der Waals surface area (Å²) in [7, 11) is 5.35. The van der Waals surface area contributed by atoms with Gasteiger partial charge in [-0.25, -0.2) is 9.97 Å². The number of hydrogen-bond donors (Lipinski definition) is 0. The van der Waals surface area contributed by atoms with Crippen molar-refractivity contribution in [3.8, 4) is 6.07 Å². The Balaban J connectivity index is 2.69. The minimum absolute atomic E-state index is 0.202. The Bertz CT molecular complexity index is 725. The quantitative estimate of drug-likeness (QED) is 0.492. The second kappa shape index (κ2) is 5.51. The summed E-state index contributed by atoms with van der Waals surface area (Å²) >= 11 is 1.41. The summed E-state index contributed by atoms with van der Waals surface area (Å²) in [5, 5.41) is 10.3. The molecule has 0 aliphatic heterocycles. The Labute approximate surface area is 122 Å². The van der Waals surface area contributed by atoms with Crippen molar-refractivity contribution >= 4 is 30.7 Å². The summed E-state index contributed by atoms with van der Waals surface area (Å²) < 4.78 is 10.3. The topological polar surface area (TPSA) is 71.9 Å². The summed E-state index contributed by atoms with van der Waals surface area (Å²) in [5.74, 6) is 1.24. The van der Waals surface area contributed by atoms with Crippen molar-refractivity contribution in [3.05, 3.63) is 32.9 Å². The van der Waals surface area contributed by atoms with Gasteiger partial charge in [0.2, 0.25) is 0 Å². The molecule has 0 amide bonds. The van der Waals surface area contributed by atoms with E-state index in [1.165, 1.54) is 11.3 Å². The molecule has 0 aliphatic carbocycles. The maximum absolute atomic E-state index is 9.45. The molecule has 100 valence electrons. The highest BCUT2D eigenvalue weighted by molar-refractivity contribution is 7.13. The van der Waals surface area contributed by atoms with Crippen LogP contribution in [0.25, 0.3) is 11.3 Å².